The van der Waals surface area contributed by atoms with Crippen molar-refractivity contribution in [1.29, 1.82) is 0 Å². The lowest BCUT2D eigenvalue weighted by molar-refractivity contribution is -0.385. The Morgan fingerprint density at radius 1 is 1.42 bits per heavy atom. The fraction of sp³-hybridized carbons (Fsp3) is 0.385. The summed E-state index contributed by atoms with van der Waals surface area (Å²) in [6.07, 6.45) is 2.84. The van der Waals surface area contributed by atoms with Crippen LogP contribution in [0.5, 0.6) is 0 Å². The third kappa shape index (κ3) is 4.50. The molecule has 0 unspecified atom stereocenters. The van der Waals surface area contributed by atoms with Crippen LogP contribution in [0.15, 0.2) is 29.4 Å². The van der Waals surface area contributed by atoms with Crippen molar-refractivity contribution >= 4 is 17.3 Å². The van der Waals surface area contributed by atoms with Gasteiger partial charge in [-0.25, -0.2) is 5.43 Å². The summed E-state index contributed by atoms with van der Waals surface area (Å²) in [7, 11) is 0. The number of para-hydroxylation sites is 1. The Kier molecular flexibility index (Phi) is 5.66. The molecular formula is C13H17N3O3. The number of hydrogen-bond acceptors (Lipinski definition) is 4. The van der Waals surface area contributed by atoms with Crippen LogP contribution >= 0.6 is 0 Å². The molecule has 1 amide bonds. The molecule has 0 atom stereocenters. The van der Waals surface area contributed by atoms with Crippen molar-refractivity contribution in [1.82, 2.24) is 5.43 Å². The van der Waals surface area contributed by atoms with Crippen molar-refractivity contribution in [2.24, 2.45) is 5.10 Å². The van der Waals surface area contributed by atoms with E-state index in [4.69, 9.17) is 0 Å². The molecule has 6 heteroatoms. The summed E-state index contributed by atoms with van der Waals surface area (Å²) in [5.41, 5.74) is 2.94. The topological polar surface area (TPSA) is 84.6 Å². The standard InChI is InChI=1S/C13H17N3O3/c1-3-4-7-10(2)14-15-13(17)11-8-5-6-9-12(11)16(18)19/h5-6,8-9H,3-4,7H2,1-2H3,(H,15,17)/b14-10+. The maximum Gasteiger partial charge on any atom is 0.282 e. The molecule has 1 aromatic rings. The van der Waals surface area contributed by atoms with Crippen LogP contribution in [0, 0.1) is 10.1 Å². The summed E-state index contributed by atoms with van der Waals surface area (Å²) < 4.78 is 0. The molecule has 0 radical (unpaired) electrons. The maximum atomic E-state index is 11.8. The van der Waals surface area contributed by atoms with Gasteiger partial charge in [-0.2, -0.15) is 5.10 Å². The normalized spacial score (nSPS) is 11.2. The van der Waals surface area contributed by atoms with Crippen LogP contribution in [-0.4, -0.2) is 16.5 Å². The molecular weight excluding hydrogens is 246 g/mol. The van der Waals surface area contributed by atoms with Gasteiger partial charge < -0.3 is 0 Å². The maximum absolute atomic E-state index is 11.8. The lowest BCUT2D eigenvalue weighted by Crippen LogP contribution is -2.20. The van der Waals surface area contributed by atoms with E-state index in [0.29, 0.717) is 0 Å². The van der Waals surface area contributed by atoms with Crippen molar-refractivity contribution in [3.05, 3.63) is 39.9 Å². The zero-order chi connectivity index (χ0) is 14.3. The van der Waals surface area contributed by atoms with Crippen LogP contribution in [0.1, 0.15) is 43.5 Å². The van der Waals surface area contributed by atoms with E-state index in [1.807, 2.05) is 6.92 Å². The molecule has 0 fully saturated rings. The highest BCUT2D eigenvalue weighted by Gasteiger charge is 2.18. The molecule has 0 aliphatic carbocycles. The highest BCUT2D eigenvalue weighted by molar-refractivity contribution is 5.98. The Balaban J connectivity index is 2.76. The Labute approximate surface area is 111 Å². The number of nitro benzene ring substituents is 1. The molecule has 0 saturated carbocycles. The number of hydrogen-bond donors (Lipinski definition) is 1. The van der Waals surface area contributed by atoms with Gasteiger partial charge in [0.05, 0.1) is 4.92 Å². The van der Waals surface area contributed by atoms with Gasteiger partial charge in [-0.3, -0.25) is 14.9 Å². The molecule has 1 aromatic carbocycles. The fourth-order valence-corrected chi connectivity index (χ4v) is 1.52. The second-order valence-corrected chi connectivity index (χ2v) is 4.17. The van der Waals surface area contributed by atoms with E-state index >= 15 is 0 Å². The first kappa shape index (κ1) is 14.8. The molecule has 0 saturated heterocycles. The zero-order valence-corrected chi connectivity index (χ0v) is 11.0. The van der Waals surface area contributed by atoms with Gasteiger partial charge in [-0.05, 0) is 25.8 Å². The predicted octanol–water partition coefficient (Wildman–Crippen LogP) is 2.89. The van der Waals surface area contributed by atoms with Gasteiger partial charge in [-0.15, -0.1) is 0 Å². The summed E-state index contributed by atoms with van der Waals surface area (Å²) in [4.78, 5) is 22.0. The fourth-order valence-electron chi connectivity index (χ4n) is 1.52. The summed E-state index contributed by atoms with van der Waals surface area (Å²) in [5.74, 6) is -0.567. The first-order valence-electron chi connectivity index (χ1n) is 6.13. The lowest BCUT2D eigenvalue weighted by Gasteiger charge is -2.03. The molecule has 1 N–H and O–H groups in total. The number of rotatable bonds is 6. The second-order valence-electron chi connectivity index (χ2n) is 4.17. The van der Waals surface area contributed by atoms with Crippen molar-refractivity contribution in [2.45, 2.75) is 33.1 Å². The van der Waals surface area contributed by atoms with E-state index < -0.39 is 10.8 Å². The predicted molar refractivity (Wildman–Crippen MR) is 73.2 cm³/mol. The van der Waals surface area contributed by atoms with E-state index in [1.165, 1.54) is 18.2 Å². The Bertz CT molecular complexity index is 498. The summed E-state index contributed by atoms with van der Waals surface area (Å²) in [6.45, 7) is 3.88. The van der Waals surface area contributed by atoms with E-state index in [2.05, 4.69) is 17.5 Å². The molecule has 0 heterocycles. The Morgan fingerprint density at radius 2 is 2.11 bits per heavy atom. The molecule has 19 heavy (non-hydrogen) atoms. The second kappa shape index (κ2) is 7.25. The van der Waals surface area contributed by atoms with E-state index in [9.17, 15) is 14.9 Å². The van der Waals surface area contributed by atoms with Crippen LogP contribution in [0.2, 0.25) is 0 Å². The van der Waals surface area contributed by atoms with E-state index in [1.54, 1.807) is 6.07 Å². The minimum absolute atomic E-state index is 0.0135. The molecule has 0 bridgehead atoms. The van der Waals surface area contributed by atoms with Crippen LogP contribution in [0.4, 0.5) is 5.69 Å². The SMILES string of the molecule is CCCC/C(C)=N/NC(=O)c1ccccc1[N+](=O)[O-]. The molecule has 6 nitrogen and oxygen atoms in total. The number of benzene rings is 1. The summed E-state index contributed by atoms with van der Waals surface area (Å²) in [6, 6.07) is 5.80. The number of nitrogens with one attached hydrogen (secondary N) is 1. The number of nitro groups is 1. The highest BCUT2D eigenvalue weighted by atomic mass is 16.6. The van der Waals surface area contributed by atoms with Crippen LogP contribution in [0.25, 0.3) is 0 Å². The Hall–Kier alpha value is -2.24. The van der Waals surface area contributed by atoms with Crippen LogP contribution in [0.3, 0.4) is 0 Å². The van der Waals surface area contributed by atoms with Gasteiger partial charge in [0.25, 0.3) is 11.6 Å². The van der Waals surface area contributed by atoms with Gasteiger partial charge in [0, 0.05) is 11.8 Å². The first-order valence-corrected chi connectivity index (χ1v) is 6.13. The van der Waals surface area contributed by atoms with Crippen molar-refractivity contribution in [2.75, 3.05) is 0 Å². The quantitative estimate of drug-likeness (QED) is 0.486. The largest absolute Gasteiger partial charge is 0.282 e. The summed E-state index contributed by atoms with van der Waals surface area (Å²) >= 11 is 0. The number of carbonyl (C=O) groups is 1. The minimum Gasteiger partial charge on any atom is -0.267 e. The van der Waals surface area contributed by atoms with Crippen molar-refractivity contribution in [3.63, 3.8) is 0 Å². The van der Waals surface area contributed by atoms with Gasteiger partial charge in [0.15, 0.2) is 0 Å². The molecule has 0 aromatic heterocycles. The third-order valence-electron chi connectivity index (χ3n) is 2.59. The van der Waals surface area contributed by atoms with Gasteiger partial charge in [0.2, 0.25) is 0 Å². The molecule has 1 rings (SSSR count). The van der Waals surface area contributed by atoms with Crippen LogP contribution in [-0.2, 0) is 0 Å². The third-order valence-corrected chi connectivity index (χ3v) is 2.59. The van der Waals surface area contributed by atoms with Crippen molar-refractivity contribution in [3.8, 4) is 0 Å². The smallest absolute Gasteiger partial charge is 0.267 e. The molecule has 102 valence electrons. The van der Waals surface area contributed by atoms with Gasteiger partial charge in [-0.1, -0.05) is 25.5 Å². The number of carbonyl (C=O) groups excluding carboxylic acids is 1. The Morgan fingerprint density at radius 3 is 2.74 bits per heavy atom. The first-order chi connectivity index (χ1) is 9.06. The molecule has 0 aliphatic heterocycles. The zero-order valence-electron chi connectivity index (χ0n) is 11.0. The van der Waals surface area contributed by atoms with Gasteiger partial charge in [0.1, 0.15) is 5.56 Å². The average molecular weight is 263 g/mol. The summed E-state index contributed by atoms with van der Waals surface area (Å²) in [5, 5.41) is 14.7. The molecule has 0 aliphatic rings. The van der Waals surface area contributed by atoms with Crippen LogP contribution < -0.4 is 5.43 Å². The monoisotopic (exact) mass is 263 g/mol. The number of hydrazone groups is 1. The minimum atomic E-state index is -0.581. The highest BCUT2D eigenvalue weighted by Crippen LogP contribution is 2.17. The van der Waals surface area contributed by atoms with E-state index in [0.717, 1.165) is 25.0 Å². The number of unbranched alkanes of at least 4 members (excludes halogenated alkanes) is 1. The number of amides is 1. The van der Waals surface area contributed by atoms with Crippen molar-refractivity contribution < 1.29 is 9.72 Å². The average Bonchev–Trinajstić information content (AvgIpc) is 2.42. The van der Waals surface area contributed by atoms with Gasteiger partial charge >= 0.3 is 0 Å². The lowest BCUT2D eigenvalue weighted by atomic mass is 10.2. The number of nitrogens with zero attached hydrogens (tertiary/aromatic N) is 2. The van der Waals surface area contributed by atoms with E-state index in [-0.39, 0.29) is 11.3 Å². The molecule has 0 spiro atoms.